The number of anilines is 2. The molecule has 8 rings (SSSR count). The lowest BCUT2D eigenvalue weighted by Gasteiger charge is -2.35. The first kappa shape index (κ1) is 27.9. The molecule has 0 aromatic heterocycles. The predicted octanol–water partition coefficient (Wildman–Crippen LogP) is 10.4. The Morgan fingerprint density at radius 2 is 1.47 bits per heavy atom. The molecule has 0 atom stereocenters. The van der Waals surface area contributed by atoms with E-state index < -0.39 is 0 Å². The highest BCUT2D eigenvalue weighted by molar-refractivity contribution is 6.00. The Kier molecular flexibility index (Phi) is 6.33. The summed E-state index contributed by atoms with van der Waals surface area (Å²) in [5.74, 6) is 0. The van der Waals surface area contributed by atoms with E-state index >= 15 is 0 Å². The summed E-state index contributed by atoms with van der Waals surface area (Å²) in [5, 5.41) is 2.33. The van der Waals surface area contributed by atoms with Crippen molar-refractivity contribution in [2.75, 3.05) is 4.90 Å². The van der Waals surface area contributed by atoms with E-state index in [1.165, 1.54) is 83.5 Å². The summed E-state index contributed by atoms with van der Waals surface area (Å²) in [5.41, 5.74) is 20.5. The maximum atomic E-state index is 4.61. The first-order chi connectivity index (χ1) is 21.8. The fourth-order valence-corrected chi connectivity index (χ4v) is 8.70. The molecular formula is C44H41N. The van der Waals surface area contributed by atoms with Crippen LogP contribution in [0.3, 0.4) is 0 Å². The molecule has 3 aliphatic carbocycles. The standard InChI is InChI=1S/C44H41N/c1-27-25-32(31-15-8-7-9-16-31)26-37-35-17-11-13-21-41(35)45(30(4)42(27)37)40-22-14-19-33(28(40)2)34-23-24-39-43(29(34)3)36-18-10-12-20-38(36)44(39,5)6/h8,10-22,25-26H,1,7,9,23-24H2,2-6H3. The first-order valence-corrected chi connectivity index (χ1v) is 16.5. The van der Waals surface area contributed by atoms with Gasteiger partial charge in [-0.3, -0.25) is 0 Å². The number of allylic oxidation sites excluding steroid dienone is 8. The molecule has 0 N–H and O–H groups in total. The Labute approximate surface area is 268 Å². The van der Waals surface area contributed by atoms with Crippen LogP contribution in [0.1, 0.15) is 81.2 Å². The Hall–Kier alpha value is -4.62. The van der Waals surface area contributed by atoms with Gasteiger partial charge in [0.15, 0.2) is 0 Å². The number of benzene rings is 4. The Balaban J connectivity index is 1.31. The summed E-state index contributed by atoms with van der Waals surface area (Å²) >= 11 is 0. The van der Waals surface area contributed by atoms with Crippen LogP contribution in [0.5, 0.6) is 0 Å². The molecule has 0 saturated heterocycles. The largest absolute Gasteiger partial charge is 0.313 e. The van der Waals surface area contributed by atoms with Gasteiger partial charge in [-0.1, -0.05) is 98.8 Å². The fraction of sp³-hybridized carbons (Fsp3) is 0.227. The van der Waals surface area contributed by atoms with E-state index in [0.717, 1.165) is 30.9 Å². The minimum atomic E-state index is 0.0855. The van der Waals surface area contributed by atoms with E-state index in [1.807, 2.05) is 0 Å². The van der Waals surface area contributed by atoms with Crippen LogP contribution in [-0.2, 0) is 5.41 Å². The monoisotopic (exact) mass is 583 g/mol. The zero-order valence-corrected chi connectivity index (χ0v) is 27.2. The van der Waals surface area contributed by atoms with Gasteiger partial charge < -0.3 is 4.90 Å². The quantitative estimate of drug-likeness (QED) is 0.232. The molecule has 0 saturated carbocycles. The molecular weight excluding hydrogens is 542 g/mol. The van der Waals surface area contributed by atoms with Crippen LogP contribution in [0.4, 0.5) is 11.4 Å². The Bertz CT molecular complexity index is 2180. The molecule has 4 aliphatic rings. The summed E-state index contributed by atoms with van der Waals surface area (Å²) < 4.78 is 0. The molecule has 0 bridgehead atoms. The molecule has 45 heavy (non-hydrogen) atoms. The molecule has 1 nitrogen and oxygen atoms in total. The van der Waals surface area contributed by atoms with Gasteiger partial charge >= 0.3 is 0 Å². The van der Waals surface area contributed by atoms with Gasteiger partial charge in [0.05, 0.1) is 5.69 Å². The SMILES string of the molecule is C=c1cc(C2=CCCC=C2)cc2c1=C(C)N(c1cccc(C3=C(C)C4=C(CC3)C(C)(C)c3ccccc34)c1C)c1ccccc1-2. The van der Waals surface area contributed by atoms with Crippen LogP contribution in [0.15, 0.2) is 108 Å². The van der Waals surface area contributed by atoms with E-state index in [9.17, 15) is 0 Å². The second kappa shape index (κ2) is 10.2. The maximum absolute atomic E-state index is 4.61. The van der Waals surface area contributed by atoms with Crippen LogP contribution >= 0.6 is 0 Å². The van der Waals surface area contributed by atoms with Crippen molar-refractivity contribution >= 4 is 40.4 Å². The van der Waals surface area contributed by atoms with Crippen molar-refractivity contribution in [1.29, 1.82) is 0 Å². The average Bonchev–Trinajstić information content (AvgIpc) is 3.29. The van der Waals surface area contributed by atoms with Crippen molar-refractivity contribution in [2.24, 2.45) is 0 Å². The molecule has 1 heterocycles. The maximum Gasteiger partial charge on any atom is 0.0537 e. The molecule has 0 unspecified atom stereocenters. The minimum absolute atomic E-state index is 0.0855. The minimum Gasteiger partial charge on any atom is -0.313 e. The van der Waals surface area contributed by atoms with Crippen LogP contribution in [0.2, 0.25) is 0 Å². The summed E-state index contributed by atoms with van der Waals surface area (Å²) in [4.78, 5) is 2.49. The van der Waals surface area contributed by atoms with E-state index in [1.54, 1.807) is 5.57 Å². The van der Waals surface area contributed by atoms with E-state index in [4.69, 9.17) is 0 Å². The second-order valence-electron chi connectivity index (χ2n) is 13.7. The van der Waals surface area contributed by atoms with Crippen molar-refractivity contribution in [2.45, 2.75) is 65.7 Å². The van der Waals surface area contributed by atoms with Gasteiger partial charge in [0.25, 0.3) is 0 Å². The average molecular weight is 584 g/mol. The second-order valence-corrected chi connectivity index (χ2v) is 13.7. The summed E-state index contributed by atoms with van der Waals surface area (Å²) in [7, 11) is 0. The van der Waals surface area contributed by atoms with Crippen molar-refractivity contribution in [3.05, 3.63) is 146 Å². The molecule has 1 heteroatoms. The van der Waals surface area contributed by atoms with Crippen LogP contribution < -0.4 is 15.3 Å². The third-order valence-electron chi connectivity index (χ3n) is 10.9. The van der Waals surface area contributed by atoms with Crippen molar-refractivity contribution in [3.8, 4) is 11.1 Å². The summed E-state index contributed by atoms with van der Waals surface area (Å²) in [6.07, 6.45) is 11.3. The van der Waals surface area contributed by atoms with Gasteiger partial charge in [-0.25, -0.2) is 0 Å². The number of hydrogen-bond acceptors (Lipinski definition) is 1. The fourth-order valence-electron chi connectivity index (χ4n) is 8.70. The van der Waals surface area contributed by atoms with Gasteiger partial charge in [0.1, 0.15) is 0 Å². The number of nitrogens with zero attached hydrogens (tertiary/aromatic N) is 1. The van der Waals surface area contributed by atoms with Crippen LogP contribution in [-0.4, -0.2) is 0 Å². The third kappa shape index (κ3) is 4.06. The lowest BCUT2D eigenvalue weighted by atomic mass is 9.75. The lowest BCUT2D eigenvalue weighted by molar-refractivity contribution is 0.608. The zero-order chi connectivity index (χ0) is 31.0. The van der Waals surface area contributed by atoms with E-state index in [0.29, 0.717) is 0 Å². The smallest absolute Gasteiger partial charge is 0.0537 e. The number of rotatable bonds is 3. The first-order valence-electron chi connectivity index (χ1n) is 16.5. The summed E-state index contributed by atoms with van der Waals surface area (Å²) in [6.45, 7) is 16.4. The van der Waals surface area contributed by atoms with Crippen molar-refractivity contribution in [1.82, 2.24) is 0 Å². The van der Waals surface area contributed by atoms with Gasteiger partial charge in [-0.05, 0) is 132 Å². The Morgan fingerprint density at radius 1 is 0.733 bits per heavy atom. The number of fused-ring (bicyclic) bond motifs is 5. The van der Waals surface area contributed by atoms with Crippen LogP contribution in [0, 0.1) is 6.92 Å². The topological polar surface area (TPSA) is 3.24 Å². The molecule has 0 amide bonds. The van der Waals surface area contributed by atoms with Gasteiger partial charge in [-0.15, -0.1) is 0 Å². The molecule has 0 radical (unpaired) electrons. The normalized spacial score (nSPS) is 18.0. The number of para-hydroxylation sites is 1. The molecule has 4 aromatic carbocycles. The van der Waals surface area contributed by atoms with E-state index in [2.05, 4.69) is 143 Å². The van der Waals surface area contributed by atoms with Gasteiger partial charge in [0.2, 0.25) is 0 Å². The highest BCUT2D eigenvalue weighted by Crippen LogP contribution is 2.55. The van der Waals surface area contributed by atoms with Crippen molar-refractivity contribution < 1.29 is 0 Å². The highest BCUT2D eigenvalue weighted by atomic mass is 15.2. The predicted molar refractivity (Wildman–Crippen MR) is 194 cm³/mol. The van der Waals surface area contributed by atoms with Crippen molar-refractivity contribution in [3.63, 3.8) is 0 Å². The van der Waals surface area contributed by atoms with Gasteiger partial charge in [0, 0.05) is 27.6 Å². The molecule has 0 fully saturated rings. The lowest BCUT2D eigenvalue weighted by Crippen LogP contribution is -2.36. The Morgan fingerprint density at radius 3 is 2.27 bits per heavy atom. The summed E-state index contributed by atoms with van der Waals surface area (Å²) in [6, 6.07) is 29.5. The zero-order valence-electron chi connectivity index (χ0n) is 27.2. The van der Waals surface area contributed by atoms with Crippen LogP contribution in [0.25, 0.3) is 40.1 Å². The molecule has 4 aromatic rings. The number of hydrogen-bond donors (Lipinski definition) is 0. The molecule has 1 aliphatic heterocycles. The highest BCUT2D eigenvalue weighted by Gasteiger charge is 2.40. The molecule has 0 spiro atoms. The third-order valence-corrected chi connectivity index (χ3v) is 10.9. The van der Waals surface area contributed by atoms with Gasteiger partial charge in [-0.2, -0.15) is 0 Å². The molecule has 222 valence electrons. The van der Waals surface area contributed by atoms with E-state index in [-0.39, 0.29) is 5.41 Å².